The molecule has 94 valence electrons. The molecule has 0 saturated carbocycles. The average molecular weight is 268 g/mol. The lowest BCUT2D eigenvalue weighted by atomic mass is 10.2. The second kappa shape index (κ2) is 4.36. The van der Waals surface area contributed by atoms with Gasteiger partial charge in [-0.3, -0.25) is 0 Å². The first-order chi connectivity index (χ1) is 7.71. The monoisotopic (exact) mass is 268 g/mol. The molecule has 0 N–H and O–H groups in total. The quantitative estimate of drug-likeness (QED) is 0.767. The van der Waals surface area contributed by atoms with Crippen molar-refractivity contribution < 1.29 is 31.1 Å². The fourth-order valence-electron chi connectivity index (χ4n) is 1.10. The number of methoxy groups -OCH3 is 1. The molecule has 17 heavy (non-hydrogen) atoms. The van der Waals surface area contributed by atoms with Crippen LogP contribution in [-0.4, -0.2) is 27.0 Å². The summed E-state index contributed by atoms with van der Waals surface area (Å²) in [7, 11) is -4.62. The molecule has 1 rings (SSSR count). The van der Waals surface area contributed by atoms with E-state index in [1.165, 1.54) is 6.07 Å². The van der Waals surface area contributed by atoms with Gasteiger partial charge in [0.25, 0.3) is 9.84 Å². The molecule has 8 heteroatoms. The number of sulfone groups is 1. The molecule has 0 spiro atoms. The molecule has 0 aliphatic heterocycles. The highest BCUT2D eigenvalue weighted by molar-refractivity contribution is 7.92. The van der Waals surface area contributed by atoms with Crippen LogP contribution in [0.5, 0.6) is 0 Å². The van der Waals surface area contributed by atoms with Crippen LogP contribution in [0.2, 0.25) is 0 Å². The van der Waals surface area contributed by atoms with Crippen molar-refractivity contribution in [3.8, 4) is 0 Å². The Balaban J connectivity index is 3.49. The molecular weight excluding hydrogens is 261 g/mol. The summed E-state index contributed by atoms with van der Waals surface area (Å²) in [6.07, 6.45) is 0. The molecule has 0 bridgehead atoms. The number of carbonyl (C=O) groups excluding carboxylic acids is 1. The second-order valence-corrected chi connectivity index (χ2v) is 4.85. The Hall–Kier alpha value is -1.57. The highest BCUT2D eigenvalue weighted by Gasteiger charge is 2.48. The zero-order valence-corrected chi connectivity index (χ0v) is 9.30. The third-order valence-corrected chi connectivity index (χ3v) is 3.43. The molecule has 4 nitrogen and oxygen atoms in total. The molecule has 0 radical (unpaired) electrons. The first-order valence-corrected chi connectivity index (χ1v) is 5.69. The zero-order valence-electron chi connectivity index (χ0n) is 8.48. The Bertz CT molecular complexity index is 533. The lowest BCUT2D eigenvalue weighted by molar-refractivity contribution is -0.0436. The molecule has 0 aromatic heterocycles. The number of esters is 1. The van der Waals surface area contributed by atoms with Gasteiger partial charge in [0.2, 0.25) is 0 Å². The maximum absolute atomic E-state index is 12.3. The van der Waals surface area contributed by atoms with Gasteiger partial charge in [0.05, 0.1) is 17.6 Å². The van der Waals surface area contributed by atoms with E-state index in [-0.39, 0.29) is 0 Å². The summed E-state index contributed by atoms with van der Waals surface area (Å²) in [6, 6.07) is 3.98. The first-order valence-electron chi connectivity index (χ1n) is 4.20. The summed E-state index contributed by atoms with van der Waals surface area (Å²) in [5, 5.41) is 0. The van der Waals surface area contributed by atoms with Gasteiger partial charge >= 0.3 is 11.5 Å². The molecule has 1 aromatic rings. The third-order valence-electron chi connectivity index (χ3n) is 1.89. The molecule has 0 heterocycles. The molecule has 0 fully saturated rings. The van der Waals surface area contributed by atoms with Gasteiger partial charge in [0.1, 0.15) is 0 Å². The molecule has 0 saturated heterocycles. The number of halogens is 3. The van der Waals surface area contributed by atoms with Gasteiger partial charge in [-0.25, -0.2) is 13.2 Å². The summed E-state index contributed by atoms with van der Waals surface area (Å²) in [5.74, 6) is -1.14. The van der Waals surface area contributed by atoms with E-state index < -0.39 is 31.8 Å². The van der Waals surface area contributed by atoms with Crippen LogP contribution >= 0.6 is 0 Å². The molecule has 0 aliphatic carbocycles. The van der Waals surface area contributed by atoms with Crippen molar-refractivity contribution in [1.29, 1.82) is 0 Å². The Labute approximate surface area is 94.9 Å². The van der Waals surface area contributed by atoms with Crippen LogP contribution in [0.4, 0.5) is 13.2 Å². The van der Waals surface area contributed by atoms with Crippen LogP contribution in [0.3, 0.4) is 0 Å². The van der Waals surface area contributed by atoms with E-state index >= 15 is 0 Å². The minimum atomic E-state index is -5.56. The summed E-state index contributed by atoms with van der Waals surface area (Å²) in [6.45, 7) is 0. The Kier molecular flexibility index (Phi) is 3.46. The van der Waals surface area contributed by atoms with E-state index in [0.29, 0.717) is 6.07 Å². The number of hydrogen-bond donors (Lipinski definition) is 0. The van der Waals surface area contributed by atoms with E-state index in [9.17, 15) is 26.4 Å². The van der Waals surface area contributed by atoms with Gasteiger partial charge in [-0.05, 0) is 12.1 Å². The average Bonchev–Trinajstić information content (AvgIpc) is 2.26. The molecule has 0 atom stereocenters. The SMILES string of the molecule is COC(=O)c1ccccc1S(=O)(=O)C(F)(F)F. The smallest absolute Gasteiger partial charge is 0.465 e. The Morgan fingerprint density at radius 3 is 2.24 bits per heavy atom. The van der Waals surface area contributed by atoms with Gasteiger partial charge in [-0.2, -0.15) is 13.2 Å². The van der Waals surface area contributed by atoms with Gasteiger partial charge in [0, 0.05) is 0 Å². The first kappa shape index (κ1) is 13.5. The van der Waals surface area contributed by atoms with Crippen molar-refractivity contribution in [2.45, 2.75) is 10.4 Å². The fraction of sp³-hybridized carbons (Fsp3) is 0.222. The molecule has 0 aliphatic rings. The summed E-state index contributed by atoms with van der Waals surface area (Å²) < 4.78 is 63.5. The predicted octanol–water partition coefficient (Wildman–Crippen LogP) is 1.77. The zero-order chi connectivity index (χ0) is 13.3. The number of ether oxygens (including phenoxy) is 1. The van der Waals surface area contributed by atoms with E-state index in [2.05, 4.69) is 4.74 Å². The van der Waals surface area contributed by atoms with E-state index in [4.69, 9.17) is 0 Å². The standard InChI is InChI=1S/C9H7F3O4S/c1-16-8(13)6-4-2-3-5-7(6)17(14,15)9(10,11)12/h2-5H,1H3. The van der Waals surface area contributed by atoms with Crippen molar-refractivity contribution >= 4 is 15.8 Å². The van der Waals surface area contributed by atoms with Crippen LogP contribution in [-0.2, 0) is 14.6 Å². The predicted molar refractivity (Wildman–Crippen MR) is 51.0 cm³/mol. The number of hydrogen-bond acceptors (Lipinski definition) is 4. The van der Waals surface area contributed by atoms with Crippen LogP contribution in [0.25, 0.3) is 0 Å². The highest BCUT2D eigenvalue weighted by atomic mass is 32.2. The minimum absolute atomic E-state index is 0.646. The Morgan fingerprint density at radius 1 is 1.24 bits per heavy atom. The van der Waals surface area contributed by atoms with E-state index in [0.717, 1.165) is 19.2 Å². The van der Waals surface area contributed by atoms with Gasteiger partial charge in [-0.1, -0.05) is 12.1 Å². The van der Waals surface area contributed by atoms with Crippen molar-refractivity contribution in [2.24, 2.45) is 0 Å². The minimum Gasteiger partial charge on any atom is -0.465 e. The molecule has 0 unspecified atom stereocenters. The third kappa shape index (κ3) is 2.41. The number of benzene rings is 1. The van der Waals surface area contributed by atoms with Gasteiger partial charge < -0.3 is 4.74 Å². The van der Waals surface area contributed by atoms with Crippen LogP contribution in [0.15, 0.2) is 29.2 Å². The van der Waals surface area contributed by atoms with E-state index in [1.54, 1.807) is 0 Å². The van der Waals surface area contributed by atoms with E-state index in [1.807, 2.05) is 0 Å². The lowest BCUT2D eigenvalue weighted by Crippen LogP contribution is -2.25. The van der Waals surface area contributed by atoms with Crippen LogP contribution in [0, 0.1) is 0 Å². The summed E-state index contributed by atoms with van der Waals surface area (Å²) >= 11 is 0. The van der Waals surface area contributed by atoms with Crippen molar-refractivity contribution in [3.05, 3.63) is 29.8 Å². The van der Waals surface area contributed by atoms with Crippen molar-refractivity contribution in [1.82, 2.24) is 0 Å². The van der Waals surface area contributed by atoms with Gasteiger partial charge in [0.15, 0.2) is 0 Å². The number of carbonyl (C=O) groups is 1. The van der Waals surface area contributed by atoms with Gasteiger partial charge in [-0.15, -0.1) is 0 Å². The lowest BCUT2D eigenvalue weighted by Gasteiger charge is -2.10. The van der Waals surface area contributed by atoms with Crippen LogP contribution in [0.1, 0.15) is 10.4 Å². The normalized spacial score (nSPS) is 12.2. The number of alkyl halides is 3. The Morgan fingerprint density at radius 2 is 1.76 bits per heavy atom. The second-order valence-electron chi connectivity index (χ2n) is 2.94. The molecular formula is C9H7F3O4S. The summed E-state index contributed by atoms with van der Waals surface area (Å²) in [5.41, 5.74) is -6.11. The molecule has 1 aromatic carbocycles. The topological polar surface area (TPSA) is 60.4 Å². The van der Waals surface area contributed by atoms with Crippen molar-refractivity contribution in [2.75, 3.05) is 7.11 Å². The number of rotatable bonds is 2. The fourth-order valence-corrected chi connectivity index (χ4v) is 2.05. The highest BCUT2D eigenvalue weighted by Crippen LogP contribution is 2.32. The molecule has 0 amide bonds. The largest absolute Gasteiger partial charge is 0.501 e. The summed E-state index contributed by atoms with van der Waals surface area (Å²) in [4.78, 5) is 10.0. The maximum atomic E-state index is 12.3. The maximum Gasteiger partial charge on any atom is 0.501 e. The van der Waals surface area contributed by atoms with Crippen LogP contribution < -0.4 is 0 Å². The van der Waals surface area contributed by atoms with Crippen molar-refractivity contribution in [3.63, 3.8) is 0 Å².